The molecular formula is C16H14FN3. The van der Waals surface area contributed by atoms with E-state index in [1.165, 1.54) is 12.1 Å². The van der Waals surface area contributed by atoms with Crippen molar-refractivity contribution in [1.29, 1.82) is 0 Å². The minimum Gasteiger partial charge on any atom is -0.371 e. The predicted molar refractivity (Wildman–Crippen MR) is 79.2 cm³/mol. The maximum Gasteiger partial charge on any atom is 0.156 e. The summed E-state index contributed by atoms with van der Waals surface area (Å²) in [6, 6.07) is 12.6. The number of aromatic nitrogens is 2. The average molecular weight is 267 g/mol. The van der Waals surface area contributed by atoms with Gasteiger partial charge in [-0.2, -0.15) is 0 Å². The minimum absolute atomic E-state index is 0.269. The highest BCUT2D eigenvalue weighted by Gasteiger charge is 2.12. The Morgan fingerprint density at radius 1 is 1.00 bits per heavy atom. The van der Waals surface area contributed by atoms with Crippen LogP contribution < -0.4 is 5.32 Å². The van der Waals surface area contributed by atoms with E-state index in [1.54, 1.807) is 6.07 Å². The third-order valence-corrected chi connectivity index (χ3v) is 3.38. The lowest BCUT2D eigenvalue weighted by atomic mass is 10.0. The van der Waals surface area contributed by atoms with Crippen LogP contribution in [0, 0.1) is 12.7 Å². The number of fused-ring (bicyclic) bond motifs is 1. The molecule has 100 valence electrons. The normalized spacial score (nSPS) is 10.8. The number of nitrogens with zero attached hydrogens (tertiary/aromatic N) is 2. The molecule has 1 heterocycles. The second-order valence-corrected chi connectivity index (χ2v) is 4.65. The van der Waals surface area contributed by atoms with Gasteiger partial charge in [0.2, 0.25) is 0 Å². The van der Waals surface area contributed by atoms with Crippen molar-refractivity contribution in [2.75, 3.05) is 12.4 Å². The fraction of sp³-hybridized carbons (Fsp3) is 0.125. The summed E-state index contributed by atoms with van der Waals surface area (Å²) in [5.74, 6) is 0.451. The Bertz CT molecular complexity index is 784. The van der Waals surface area contributed by atoms with Crippen LogP contribution in [0.5, 0.6) is 0 Å². The Balaban J connectivity index is 2.35. The smallest absolute Gasteiger partial charge is 0.156 e. The number of halogens is 1. The number of anilines is 1. The molecule has 0 unspecified atom stereocenters. The van der Waals surface area contributed by atoms with Crippen molar-refractivity contribution < 1.29 is 4.39 Å². The number of hydrogen-bond donors (Lipinski definition) is 1. The fourth-order valence-corrected chi connectivity index (χ4v) is 2.34. The molecule has 0 aliphatic carbocycles. The summed E-state index contributed by atoms with van der Waals surface area (Å²) in [6.07, 6.45) is 0. The van der Waals surface area contributed by atoms with E-state index >= 15 is 0 Å². The van der Waals surface area contributed by atoms with Crippen molar-refractivity contribution in [3.63, 3.8) is 0 Å². The van der Waals surface area contributed by atoms with E-state index in [4.69, 9.17) is 0 Å². The molecule has 0 bridgehead atoms. The van der Waals surface area contributed by atoms with Gasteiger partial charge in [0.25, 0.3) is 0 Å². The molecule has 4 heteroatoms. The van der Waals surface area contributed by atoms with E-state index in [2.05, 4.69) is 15.5 Å². The second-order valence-electron chi connectivity index (χ2n) is 4.65. The van der Waals surface area contributed by atoms with Gasteiger partial charge in [-0.25, -0.2) is 4.39 Å². The molecule has 3 rings (SSSR count). The molecule has 20 heavy (non-hydrogen) atoms. The quantitative estimate of drug-likeness (QED) is 0.767. The molecule has 0 atom stereocenters. The monoisotopic (exact) mass is 267 g/mol. The van der Waals surface area contributed by atoms with Crippen LogP contribution in [0.25, 0.3) is 22.0 Å². The maximum absolute atomic E-state index is 13.5. The number of rotatable bonds is 2. The van der Waals surface area contributed by atoms with Gasteiger partial charge >= 0.3 is 0 Å². The molecule has 3 aromatic rings. The highest BCUT2D eigenvalue weighted by molar-refractivity contribution is 6.00. The van der Waals surface area contributed by atoms with Crippen molar-refractivity contribution in [1.82, 2.24) is 10.2 Å². The molecule has 0 aliphatic heterocycles. The molecule has 1 aromatic heterocycles. The summed E-state index contributed by atoms with van der Waals surface area (Å²) in [5.41, 5.74) is 2.45. The first kappa shape index (κ1) is 12.5. The molecular weight excluding hydrogens is 253 g/mol. The zero-order valence-corrected chi connectivity index (χ0v) is 11.3. The van der Waals surface area contributed by atoms with Crippen molar-refractivity contribution in [3.8, 4) is 11.3 Å². The first-order valence-electron chi connectivity index (χ1n) is 6.40. The van der Waals surface area contributed by atoms with Gasteiger partial charge in [-0.05, 0) is 24.6 Å². The molecule has 2 aromatic carbocycles. The molecule has 0 radical (unpaired) electrons. The molecule has 0 amide bonds. The Kier molecular flexibility index (Phi) is 3.06. The average Bonchev–Trinajstić information content (AvgIpc) is 2.49. The molecule has 0 aliphatic rings. The van der Waals surface area contributed by atoms with Crippen LogP contribution in [0.4, 0.5) is 10.2 Å². The standard InChI is InChI=1S/C16H14FN3/c1-10-7-8-11(17)9-14(10)15-12-5-3-4-6-13(12)16(18-2)20-19-15/h3-9H,1-2H3,(H,18,20). The van der Waals surface area contributed by atoms with Gasteiger partial charge in [0, 0.05) is 23.4 Å². The van der Waals surface area contributed by atoms with Crippen LogP contribution in [-0.2, 0) is 0 Å². The van der Waals surface area contributed by atoms with Crippen molar-refractivity contribution in [2.24, 2.45) is 0 Å². The Morgan fingerprint density at radius 2 is 1.75 bits per heavy atom. The van der Waals surface area contributed by atoms with E-state index in [1.807, 2.05) is 38.2 Å². The largest absolute Gasteiger partial charge is 0.371 e. The van der Waals surface area contributed by atoms with Crippen LogP contribution >= 0.6 is 0 Å². The summed E-state index contributed by atoms with van der Waals surface area (Å²) < 4.78 is 13.5. The highest BCUT2D eigenvalue weighted by atomic mass is 19.1. The van der Waals surface area contributed by atoms with Crippen LogP contribution in [0.15, 0.2) is 42.5 Å². The van der Waals surface area contributed by atoms with Gasteiger partial charge in [0.15, 0.2) is 5.82 Å². The Hall–Kier alpha value is -2.49. The second kappa shape index (κ2) is 4.89. The molecule has 0 saturated heterocycles. The summed E-state index contributed by atoms with van der Waals surface area (Å²) in [5, 5.41) is 13.4. The summed E-state index contributed by atoms with van der Waals surface area (Å²) in [7, 11) is 1.81. The van der Waals surface area contributed by atoms with Gasteiger partial charge in [0.05, 0.1) is 0 Å². The zero-order valence-electron chi connectivity index (χ0n) is 11.3. The highest BCUT2D eigenvalue weighted by Crippen LogP contribution is 2.31. The lowest BCUT2D eigenvalue weighted by molar-refractivity contribution is 0.628. The maximum atomic E-state index is 13.5. The van der Waals surface area contributed by atoms with E-state index in [0.717, 1.165) is 27.7 Å². The van der Waals surface area contributed by atoms with Gasteiger partial charge in [-0.1, -0.05) is 30.3 Å². The number of aryl methyl sites for hydroxylation is 1. The lowest BCUT2D eigenvalue weighted by Gasteiger charge is -2.10. The summed E-state index contributed by atoms with van der Waals surface area (Å²) in [6.45, 7) is 1.94. The molecule has 0 fully saturated rings. The van der Waals surface area contributed by atoms with E-state index in [0.29, 0.717) is 5.69 Å². The van der Waals surface area contributed by atoms with Crippen molar-refractivity contribution >= 4 is 16.6 Å². The van der Waals surface area contributed by atoms with Crippen LogP contribution in [0.1, 0.15) is 5.56 Å². The molecule has 1 N–H and O–H groups in total. The zero-order chi connectivity index (χ0) is 14.1. The molecule has 3 nitrogen and oxygen atoms in total. The van der Waals surface area contributed by atoms with Crippen LogP contribution in [0.2, 0.25) is 0 Å². The number of hydrogen-bond acceptors (Lipinski definition) is 3. The lowest BCUT2D eigenvalue weighted by Crippen LogP contribution is -1.99. The predicted octanol–water partition coefficient (Wildman–Crippen LogP) is 3.79. The third kappa shape index (κ3) is 1.99. The third-order valence-electron chi connectivity index (χ3n) is 3.38. The Labute approximate surface area is 116 Å². The first-order valence-corrected chi connectivity index (χ1v) is 6.40. The van der Waals surface area contributed by atoms with Gasteiger partial charge in [0.1, 0.15) is 11.5 Å². The topological polar surface area (TPSA) is 37.8 Å². The molecule has 0 saturated carbocycles. The first-order chi connectivity index (χ1) is 9.70. The van der Waals surface area contributed by atoms with Crippen molar-refractivity contribution in [3.05, 3.63) is 53.8 Å². The summed E-state index contributed by atoms with van der Waals surface area (Å²) in [4.78, 5) is 0. The fourth-order valence-electron chi connectivity index (χ4n) is 2.34. The van der Waals surface area contributed by atoms with Gasteiger partial charge in [-0.3, -0.25) is 0 Å². The van der Waals surface area contributed by atoms with E-state index in [-0.39, 0.29) is 5.82 Å². The van der Waals surface area contributed by atoms with Gasteiger partial charge in [-0.15, -0.1) is 10.2 Å². The number of nitrogens with one attached hydrogen (secondary N) is 1. The van der Waals surface area contributed by atoms with Crippen LogP contribution in [0.3, 0.4) is 0 Å². The number of benzene rings is 2. The SMILES string of the molecule is CNc1nnc(-c2cc(F)ccc2C)c2ccccc12. The van der Waals surface area contributed by atoms with E-state index < -0.39 is 0 Å². The minimum atomic E-state index is -0.269. The van der Waals surface area contributed by atoms with E-state index in [9.17, 15) is 4.39 Å². The Morgan fingerprint density at radius 3 is 2.50 bits per heavy atom. The van der Waals surface area contributed by atoms with Crippen molar-refractivity contribution in [2.45, 2.75) is 6.92 Å². The molecule has 0 spiro atoms. The summed E-state index contributed by atoms with van der Waals surface area (Å²) >= 11 is 0. The van der Waals surface area contributed by atoms with Crippen LogP contribution in [-0.4, -0.2) is 17.2 Å². The van der Waals surface area contributed by atoms with Gasteiger partial charge < -0.3 is 5.32 Å².